The molecule has 11 heavy (non-hydrogen) atoms. The maximum Gasteiger partial charge on any atom is 0.359 e. The molecule has 0 aromatic carbocycles. The zero-order valence-electron chi connectivity index (χ0n) is 7.30. The summed E-state index contributed by atoms with van der Waals surface area (Å²) in [4.78, 5) is 10.3. The Bertz CT molecular complexity index is 124. The van der Waals surface area contributed by atoms with Crippen molar-refractivity contribution in [2.24, 2.45) is 0 Å². The van der Waals surface area contributed by atoms with E-state index in [1.165, 1.54) is 0 Å². The number of likely N-dealkylation sites (N-methyl/N-ethyl adjacent to an activating group) is 1. The van der Waals surface area contributed by atoms with Crippen LogP contribution in [0.15, 0.2) is 0 Å². The fraction of sp³-hybridized carbons (Fsp3) is 0.857. The van der Waals surface area contributed by atoms with Crippen LogP contribution in [0.5, 0.6) is 0 Å². The Morgan fingerprint density at radius 1 is 1.36 bits per heavy atom. The minimum absolute atomic E-state index is 0. The number of halogens is 1. The van der Waals surface area contributed by atoms with Crippen molar-refractivity contribution >= 4 is 5.97 Å². The zero-order valence-corrected chi connectivity index (χ0v) is 9.46. The highest BCUT2D eigenvalue weighted by Crippen LogP contribution is 1.99. The number of nitrogens with zero attached hydrogens (tertiary/aromatic N) is 1. The summed E-state index contributed by atoms with van der Waals surface area (Å²) in [5, 5.41) is 8.50. The highest BCUT2D eigenvalue weighted by molar-refractivity contribution is 5.67. The minimum Gasteiger partial charge on any atom is -1.00 e. The van der Waals surface area contributed by atoms with Gasteiger partial charge in [0.25, 0.3) is 0 Å². The largest absolute Gasteiger partial charge is 1.00 e. The average Bonchev–Trinajstić information content (AvgIpc) is 1.87. The van der Waals surface area contributed by atoms with Gasteiger partial charge in [-0.3, -0.25) is 0 Å². The van der Waals surface area contributed by atoms with Crippen LogP contribution in [0.1, 0.15) is 13.8 Å². The number of carboxylic acid groups (broad SMARTS) is 1. The number of hydrogen-bond acceptors (Lipinski definition) is 1. The number of carbonyl (C=O) groups is 1. The number of rotatable bonds is 4. The lowest BCUT2D eigenvalue weighted by atomic mass is 10.4. The Labute approximate surface area is 85.0 Å². The monoisotopic (exact) mass is 273 g/mol. The molecule has 0 radical (unpaired) electrons. The van der Waals surface area contributed by atoms with Gasteiger partial charge in [-0.2, -0.15) is 0 Å². The van der Waals surface area contributed by atoms with E-state index in [0.717, 1.165) is 13.1 Å². The summed E-state index contributed by atoms with van der Waals surface area (Å²) in [6.07, 6.45) is 0. The molecule has 0 rings (SSSR count). The lowest BCUT2D eigenvalue weighted by Gasteiger charge is -2.29. The maximum atomic E-state index is 10.3. The normalized spacial score (nSPS) is 10.5. The molecule has 0 saturated heterocycles. The molecule has 0 spiro atoms. The van der Waals surface area contributed by atoms with Gasteiger partial charge in [-0.1, -0.05) is 0 Å². The van der Waals surface area contributed by atoms with Gasteiger partial charge in [0.1, 0.15) is 0 Å². The van der Waals surface area contributed by atoms with E-state index in [4.69, 9.17) is 5.11 Å². The van der Waals surface area contributed by atoms with Gasteiger partial charge in [-0.25, -0.2) is 4.79 Å². The molecule has 3 nitrogen and oxygen atoms in total. The van der Waals surface area contributed by atoms with Crippen LogP contribution in [-0.2, 0) is 4.79 Å². The smallest absolute Gasteiger partial charge is 0.359 e. The second-order valence-corrected chi connectivity index (χ2v) is 2.80. The molecule has 0 bridgehead atoms. The van der Waals surface area contributed by atoms with Gasteiger partial charge >= 0.3 is 5.97 Å². The highest BCUT2D eigenvalue weighted by Gasteiger charge is 2.19. The van der Waals surface area contributed by atoms with E-state index in [1.54, 1.807) is 0 Å². The van der Waals surface area contributed by atoms with Crippen molar-refractivity contribution in [3.05, 3.63) is 0 Å². The van der Waals surface area contributed by atoms with Crippen LogP contribution < -0.4 is 24.0 Å². The molecule has 0 aliphatic rings. The van der Waals surface area contributed by atoms with Crippen LogP contribution in [0.25, 0.3) is 0 Å². The van der Waals surface area contributed by atoms with E-state index in [-0.39, 0.29) is 30.5 Å². The van der Waals surface area contributed by atoms with Crippen LogP contribution in [-0.4, -0.2) is 42.2 Å². The standard InChI is InChI=1S/C7H15NO2.HI/c1-4-8(3,5-2)6-7(9)10;/h4-6H2,1-3H3;1H. The van der Waals surface area contributed by atoms with Gasteiger partial charge in [0.15, 0.2) is 6.54 Å². The Balaban J connectivity index is 0. The van der Waals surface area contributed by atoms with E-state index >= 15 is 0 Å². The van der Waals surface area contributed by atoms with E-state index in [9.17, 15) is 4.79 Å². The third-order valence-electron chi connectivity index (χ3n) is 2.04. The fourth-order valence-electron chi connectivity index (χ4n) is 0.774. The van der Waals surface area contributed by atoms with Crippen LogP contribution in [0.3, 0.4) is 0 Å². The highest BCUT2D eigenvalue weighted by atomic mass is 127. The quantitative estimate of drug-likeness (QED) is 0.456. The van der Waals surface area contributed by atoms with Gasteiger partial charge in [-0.05, 0) is 13.8 Å². The first-order valence-electron chi connectivity index (χ1n) is 3.59. The second kappa shape index (κ2) is 5.77. The SMILES string of the molecule is CC[N+](C)(CC)CC(=O)O.[I-]. The Morgan fingerprint density at radius 2 is 1.73 bits per heavy atom. The molecular weight excluding hydrogens is 257 g/mol. The molecule has 1 N–H and O–H groups in total. The van der Waals surface area contributed by atoms with Gasteiger partial charge < -0.3 is 33.6 Å². The van der Waals surface area contributed by atoms with Crippen molar-refractivity contribution in [2.45, 2.75) is 13.8 Å². The second-order valence-electron chi connectivity index (χ2n) is 2.80. The van der Waals surface area contributed by atoms with Crippen molar-refractivity contribution < 1.29 is 38.4 Å². The molecule has 0 fully saturated rings. The molecule has 0 unspecified atom stereocenters. The molecule has 0 aromatic heterocycles. The summed E-state index contributed by atoms with van der Waals surface area (Å²) in [6, 6.07) is 0. The van der Waals surface area contributed by atoms with E-state index in [1.807, 2.05) is 20.9 Å². The van der Waals surface area contributed by atoms with Gasteiger partial charge in [0, 0.05) is 0 Å². The molecule has 0 aliphatic heterocycles. The molecule has 0 aliphatic carbocycles. The number of quaternary nitrogens is 1. The summed E-state index contributed by atoms with van der Waals surface area (Å²) < 4.78 is 0.620. The molecule has 0 aromatic rings. The van der Waals surface area contributed by atoms with Gasteiger partial charge in [-0.15, -0.1) is 0 Å². The molecule has 0 atom stereocenters. The maximum absolute atomic E-state index is 10.3. The Morgan fingerprint density at radius 3 is 1.82 bits per heavy atom. The van der Waals surface area contributed by atoms with E-state index in [2.05, 4.69) is 0 Å². The summed E-state index contributed by atoms with van der Waals surface area (Å²) in [7, 11) is 1.95. The topological polar surface area (TPSA) is 37.3 Å². The Kier molecular flexibility index (Phi) is 7.20. The van der Waals surface area contributed by atoms with Crippen molar-refractivity contribution in [1.29, 1.82) is 0 Å². The summed E-state index contributed by atoms with van der Waals surface area (Å²) in [5.41, 5.74) is 0. The Hall–Kier alpha value is 0.160. The van der Waals surface area contributed by atoms with Crippen LogP contribution in [0.4, 0.5) is 0 Å². The molecule has 4 heteroatoms. The van der Waals surface area contributed by atoms with Crippen molar-refractivity contribution in [3.63, 3.8) is 0 Å². The number of aliphatic carboxylic acids is 1. The number of hydrogen-bond donors (Lipinski definition) is 1. The molecule has 0 saturated carbocycles. The van der Waals surface area contributed by atoms with Crippen LogP contribution in [0, 0.1) is 0 Å². The zero-order chi connectivity index (χ0) is 8.20. The predicted molar refractivity (Wildman–Crippen MR) is 39.8 cm³/mol. The first-order chi connectivity index (χ1) is 4.54. The summed E-state index contributed by atoms with van der Waals surface area (Å²) >= 11 is 0. The number of carboxylic acids is 1. The van der Waals surface area contributed by atoms with Crippen molar-refractivity contribution in [1.82, 2.24) is 0 Å². The van der Waals surface area contributed by atoms with Crippen molar-refractivity contribution in [3.8, 4) is 0 Å². The van der Waals surface area contributed by atoms with E-state index < -0.39 is 5.97 Å². The lowest BCUT2D eigenvalue weighted by molar-refractivity contribution is -0.899. The first-order valence-corrected chi connectivity index (χ1v) is 3.59. The average molecular weight is 273 g/mol. The first kappa shape index (κ1) is 13.7. The third-order valence-corrected chi connectivity index (χ3v) is 2.04. The molecule has 0 heterocycles. The lowest BCUT2D eigenvalue weighted by Crippen LogP contribution is -3.00. The van der Waals surface area contributed by atoms with Gasteiger partial charge in [0.05, 0.1) is 20.1 Å². The molecule has 68 valence electrons. The van der Waals surface area contributed by atoms with Crippen LogP contribution >= 0.6 is 0 Å². The van der Waals surface area contributed by atoms with Crippen molar-refractivity contribution in [2.75, 3.05) is 26.7 Å². The molecule has 0 amide bonds. The fourth-order valence-corrected chi connectivity index (χ4v) is 0.774. The molecular formula is C7H16INO2. The summed E-state index contributed by atoms with van der Waals surface area (Å²) in [6.45, 7) is 6.00. The minimum atomic E-state index is -0.716. The third kappa shape index (κ3) is 5.43. The summed E-state index contributed by atoms with van der Waals surface area (Å²) in [5.74, 6) is -0.716. The van der Waals surface area contributed by atoms with E-state index in [0.29, 0.717) is 4.48 Å². The van der Waals surface area contributed by atoms with Gasteiger partial charge in [0.2, 0.25) is 0 Å². The predicted octanol–water partition coefficient (Wildman–Crippen LogP) is -2.44. The van der Waals surface area contributed by atoms with Crippen LogP contribution in [0.2, 0.25) is 0 Å².